The lowest BCUT2D eigenvalue weighted by Gasteiger charge is -2.10. The van der Waals surface area contributed by atoms with Gasteiger partial charge in [-0.3, -0.25) is 0 Å². The number of rotatable bonds is 2. The Hall–Kier alpha value is -1.21. The van der Waals surface area contributed by atoms with Crippen molar-refractivity contribution < 1.29 is 13.2 Å². The lowest BCUT2D eigenvalue weighted by atomic mass is 10.2. The number of aromatic nitrogens is 1. The summed E-state index contributed by atoms with van der Waals surface area (Å²) in [6.07, 6.45) is -2.77. The first-order chi connectivity index (χ1) is 8.88. The van der Waals surface area contributed by atoms with Crippen LogP contribution in [0.3, 0.4) is 0 Å². The average molecular weight is 349 g/mol. The van der Waals surface area contributed by atoms with Crippen molar-refractivity contribution in [1.82, 2.24) is 4.98 Å². The maximum Gasteiger partial charge on any atom is 0.416 e. The zero-order chi connectivity index (χ0) is 14.0. The van der Waals surface area contributed by atoms with Gasteiger partial charge in [0, 0.05) is 15.6 Å². The molecule has 2 nitrogen and oxygen atoms in total. The Balaban J connectivity index is 2.30. The molecule has 19 heavy (non-hydrogen) atoms. The highest BCUT2D eigenvalue weighted by Crippen LogP contribution is 2.38. The highest BCUT2D eigenvalue weighted by molar-refractivity contribution is 9.10. The maximum absolute atomic E-state index is 12.5. The molecule has 0 saturated heterocycles. The van der Waals surface area contributed by atoms with Gasteiger partial charge >= 0.3 is 6.18 Å². The van der Waals surface area contributed by atoms with E-state index < -0.39 is 11.7 Å². The summed E-state index contributed by atoms with van der Waals surface area (Å²) in [4.78, 5) is 4.70. The molecule has 0 spiro atoms. The van der Waals surface area contributed by atoms with Gasteiger partial charge in [-0.2, -0.15) is 13.2 Å². The molecule has 0 aliphatic rings. The number of nitrogens with zero attached hydrogens (tertiary/aromatic N) is 1. The van der Waals surface area contributed by atoms with Gasteiger partial charge in [0.2, 0.25) is 0 Å². The van der Waals surface area contributed by atoms with Crippen LogP contribution in [0.5, 0.6) is 0 Å². The topological polar surface area (TPSA) is 38.9 Å². The lowest BCUT2D eigenvalue weighted by molar-refractivity contribution is -0.137. The molecule has 100 valence electrons. The molecular weight excluding hydrogens is 341 g/mol. The molecule has 0 amide bonds. The molecule has 0 saturated carbocycles. The van der Waals surface area contributed by atoms with Gasteiger partial charge in [0.15, 0.2) is 0 Å². The van der Waals surface area contributed by atoms with Gasteiger partial charge in [0.05, 0.1) is 11.3 Å². The van der Waals surface area contributed by atoms with Gasteiger partial charge in [-0.25, -0.2) is 4.98 Å². The number of hydrogen-bond donors (Lipinski definition) is 1. The summed E-state index contributed by atoms with van der Waals surface area (Å²) < 4.78 is 38.0. The molecule has 2 aromatic rings. The van der Waals surface area contributed by atoms with Gasteiger partial charge in [0.1, 0.15) is 5.03 Å². The lowest BCUT2D eigenvalue weighted by Crippen LogP contribution is -2.04. The van der Waals surface area contributed by atoms with E-state index in [-0.39, 0.29) is 0 Å². The van der Waals surface area contributed by atoms with E-state index in [1.165, 1.54) is 17.8 Å². The summed E-state index contributed by atoms with van der Waals surface area (Å²) in [6.45, 7) is 0. The van der Waals surface area contributed by atoms with Crippen LogP contribution >= 0.6 is 27.7 Å². The van der Waals surface area contributed by atoms with Crippen LogP contribution in [-0.2, 0) is 6.18 Å². The molecule has 0 aliphatic heterocycles. The van der Waals surface area contributed by atoms with E-state index in [0.717, 1.165) is 12.1 Å². The first-order valence-corrected chi connectivity index (χ1v) is 6.74. The minimum absolute atomic E-state index is 0.359. The zero-order valence-electron chi connectivity index (χ0n) is 9.41. The SMILES string of the molecule is Nc1cccnc1Sc1ccc(C(F)(F)F)cc1Br. The fourth-order valence-electron chi connectivity index (χ4n) is 1.35. The summed E-state index contributed by atoms with van der Waals surface area (Å²) >= 11 is 4.34. The highest BCUT2D eigenvalue weighted by atomic mass is 79.9. The van der Waals surface area contributed by atoms with Crippen molar-refractivity contribution in [1.29, 1.82) is 0 Å². The molecule has 7 heteroatoms. The quantitative estimate of drug-likeness (QED) is 0.862. The van der Waals surface area contributed by atoms with E-state index in [2.05, 4.69) is 20.9 Å². The smallest absolute Gasteiger partial charge is 0.397 e. The minimum Gasteiger partial charge on any atom is -0.397 e. The molecule has 2 N–H and O–H groups in total. The number of alkyl halides is 3. The number of benzene rings is 1. The Bertz CT molecular complexity index is 602. The monoisotopic (exact) mass is 348 g/mol. The van der Waals surface area contributed by atoms with Crippen molar-refractivity contribution in [2.75, 3.05) is 5.73 Å². The summed E-state index contributed by atoms with van der Waals surface area (Å²) in [5.41, 5.74) is 5.53. The Morgan fingerprint density at radius 3 is 2.53 bits per heavy atom. The Kier molecular flexibility index (Phi) is 4.05. The van der Waals surface area contributed by atoms with E-state index >= 15 is 0 Å². The molecule has 0 unspecified atom stereocenters. The van der Waals surface area contributed by atoms with Crippen LogP contribution in [0.15, 0.2) is 50.9 Å². The summed E-state index contributed by atoms with van der Waals surface area (Å²) in [5.74, 6) is 0. The van der Waals surface area contributed by atoms with E-state index in [1.807, 2.05) is 0 Å². The van der Waals surface area contributed by atoms with Gasteiger partial charge in [-0.1, -0.05) is 11.8 Å². The third-order valence-corrected chi connectivity index (χ3v) is 4.30. The molecule has 0 fully saturated rings. The molecule has 0 atom stereocenters. The molecule has 1 aromatic heterocycles. The van der Waals surface area contributed by atoms with Crippen molar-refractivity contribution in [2.45, 2.75) is 16.1 Å². The number of nitrogens with two attached hydrogens (primary N) is 1. The normalized spacial score (nSPS) is 11.6. The Labute approximate surface area is 120 Å². The molecule has 0 bridgehead atoms. The number of nitrogen functional groups attached to an aromatic ring is 1. The van der Waals surface area contributed by atoms with Crippen LogP contribution < -0.4 is 5.73 Å². The molecule has 1 heterocycles. The number of halogens is 4. The first kappa shape index (κ1) is 14.2. The second-order valence-electron chi connectivity index (χ2n) is 3.64. The van der Waals surface area contributed by atoms with Gasteiger partial charge in [0.25, 0.3) is 0 Å². The van der Waals surface area contributed by atoms with Crippen LogP contribution in [0.2, 0.25) is 0 Å². The minimum atomic E-state index is -4.35. The first-order valence-electron chi connectivity index (χ1n) is 5.13. The maximum atomic E-state index is 12.5. The van der Waals surface area contributed by atoms with Crippen LogP contribution in [-0.4, -0.2) is 4.98 Å². The molecular formula is C12H8BrF3N2S. The predicted molar refractivity (Wildman–Crippen MR) is 71.9 cm³/mol. The Morgan fingerprint density at radius 2 is 1.95 bits per heavy atom. The van der Waals surface area contributed by atoms with Crippen molar-refractivity contribution in [2.24, 2.45) is 0 Å². The molecule has 0 aliphatic carbocycles. The summed E-state index contributed by atoms with van der Waals surface area (Å²) in [7, 11) is 0. The van der Waals surface area contributed by atoms with Crippen molar-refractivity contribution in [3.63, 3.8) is 0 Å². The van der Waals surface area contributed by atoms with Crippen molar-refractivity contribution in [3.8, 4) is 0 Å². The number of hydrogen-bond acceptors (Lipinski definition) is 3. The standard InChI is InChI=1S/C12H8BrF3N2S/c13-8-6-7(12(14,15)16)3-4-10(8)19-11-9(17)2-1-5-18-11/h1-6H,17H2. The third kappa shape index (κ3) is 3.42. The second kappa shape index (κ2) is 5.42. The third-order valence-electron chi connectivity index (χ3n) is 2.27. The average Bonchev–Trinajstić information content (AvgIpc) is 2.33. The van der Waals surface area contributed by atoms with Crippen molar-refractivity contribution >= 4 is 33.4 Å². The Morgan fingerprint density at radius 1 is 1.21 bits per heavy atom. The fourth-order valence-corrected chi connectivity index (χ4v) is 2.77. The van der Waals surface area contributed by atoms with Gasteiger partial charge in [-0.15, -0.1) is 0 Å². The predicted octanol–water partition coefficient (Wildman–Crippen LogP) is 4.60. The number of pyridine rings is 1. The summed E-state index contributed by atoms with van der Waals surface area (Å²) in [6, 6.07) is 6.86. The molecule has 0 radical (unpaired) electrons. The van der Waals surface area contributed by atoms with Crippen LogP contribution in [0.4, 0.5) is 18.9 Å². The largest absolute Gasteiger partial charge is 0.416 e. The van der Waals surface area contributed by atoms with E-state index in [1.54, 1.807) is 18.3 Å². The van der Waals surface area contributed by atoms with Gasteiger partial charge in [-0.05, 0) is 46.3 Å². The van der Waals surface area contributed by atoms with E-state index in [9.17, 15) is 13.2 Å². The van der Waals surface area contributed by atoms with Crippen molar-refractivity contribution in [3.05, 3.63) is 46.6 Å². The van der Waals surface area contributed by atoms with E-state index in [4.69, 9.17) is 5.73 Å². The molecule has 1 aromatic carbocycles. The van der Waals surface area contributed by atoms with Crippen LogP contribution in [0, 0.1) is 0 Å². The number of anilines is 1. The van der Waals surface area contributed by atoms with E-state index in [0.29, 0.717) is 20.1 Å². The summed E-state index contributed by atoms with van der Waals surface area (Å²) in [5, 5.41) is 0.558. The van der Waals surface area contributed by atoms with Gasteiger partial charge < -0.3 is 5.73 Å². The second-order valence-corrected chi connectivity index (χ2v) is 5.53. The molecule has 2 rings (SSSR count). The van der Waals surface area contributed by atoms with Crippen LogP contribution in [0.1, 0.15) is 5.56 Å². The zero-order valence-corrected chi connectivity index (χ0v) is 11.8. The highest BCUT2D eigenvalue weighted by Gasteiger charge is 2.30. The fraction of sp³-hybridized carbons (Fsp3) is 0.0833. The van der Waals surface area contributed by atoms with Crippen LogP contribution in [0.25, 0.3) is 0 Å².